The van der Waals surface area contributed by atoms with Crippen molar-refractivity contribution in [3.05, 3.63) is 59.8 Å². The van der Waals surface area contributed by atoms with Crippen molar-refractivity contribution >= 4 is 33.7 Å². The predicted octanol–water partition coefficient (Wildman–Crippen LogP) is 6.95. The number of benzene rings is 2. The summed E-state index contributed by atoms with van der Waals surface area (Å²) in [4.78, 5) is 16.9. The number of aryl methyl sites for hydroxylation is 1. The molecule has 3 heterocycles. The quantitative estimate of drug-likeness (QED) is 0.278. The van der Waals surface area contributed by atoms with E-state index < -0.39 is 5.92 Å². The van der Waals surface area contributed by atoms with E-state index in [1.54, 1.807) is 23.1 Å². The fraction of sp³-hybridized carbons (Fsp3) is 0.308. The summed E-state index contributed by atoms with van der Waals surface area (Å²) in [6.45, 7) is 2.51. The molecule has 0 bridgehead atoms. The summed E-state index contributed by atoms with van der Waals surface area (Å²) in [6, 6.07) is 9.19. The normalized spacial score (nSPS) is 16.1. The summed E-state index contributed by atoms with van der Waals surface area (Å²) in [5.41, 5.74) is 4.31. The number of hydrogen-bond acceptors (Lipinski definition) is 5. The van der Waals surface area contributed by atoms with Gasteiger partial charge >= 0.3 is 0 Å². The first kappa shape index (κ1) is 22.8. The number of aromatic amines is 1. The minimum atomic E-state index is -2.53. The lowest BCUT2D eigenvalue weighted by Crippen LogP contribution is -2.26. The highest BCUT2D eigenvalue weighted by Gasteiger charge is 2.35. The number of hydrogen-bond donors (Lipinski definition) is 1. The third kappa shape index (κ3) is 4.51. The molecular formula is C26H23ClF2N6O. The van der Waals surface area contributed by atoms with Crippen LogP contribution in [0.15, 0.2) is 48.9 Å². The summed E-state index contributed by atoms with van der Waals surface area (Å²) in [7, 11) is 0. The molecule has 7 nitrogen and oxygen atoms in total. The molecule has 10 heteroatoms. The van der Waals surface area contributed by atoms with Gasteiger partial charge in [0.25, 0.3) is 0 Å². The monoisotopic (exact) mass is 508 g/mol. The number of ether oxygens (including phenoxy) is 1. The predicted molar refractivity (Wildman–Crippen MR) is 134 cm³/mol. The molecule has 3 aromatic heterocycles. The van der Waals surface area contributed by atoms with Crippen LogP contribution in [0.4, 0.5) is 8.78 Å². The van der Waals surface area contributed by atoms with Crippen molar-refractivity contribution in [2.24, 2.45) is 5.92 Å². The van der Waals surface area contributed by atoms with Crippen molar-refractivity contribution in [3.8, 4) is 22.8 Å². The number of alkyl halides is 2. The zero-order valence-corrected chi connectivity index (χ0v) is 20.3. The van der Waals surface area contributed by atoms with E-state index in [1.165, 1.54) is 0 Å². The molecule has 1 aliphatic carbocycles. The van der Waals surface area contributed by atoms with Crippen molar-refractivity contribution in [2.45, 2.75) is 45.1 Å². The van der Waals surface area contributed by atoms with Crippen LogP contribution >= 0.6 is 11.6 Å². The van der Waals surface area contributed by atoms with Crippen LogP contribution in [0.3, 0.4) is 0 Å². The van der Waals surface area contributed by atoms with Crippen molar-refractivity contribution in [2.75, 3.05) is 0 Å². The molecule has 184 valence electrons. The zero-order chi connectivity index (χ0) is 24.9. The van der Waals surface area contributed by atoms with Gasteiger partial charge in [-0.05, 0) is 49.9 Å². The highest BCUT2D eigenvalue weighted by molar-refractivity contribution is 6.36. The first-order valence-corrected chi connectivity index (χ1v) is 12.2. The number of nitrogens with one attached hydrogen (secondary N) is 1. The Labute approximate surface area is 210 Å². The molecule has 1 N–H and O–H groups in total. The second-order valence-corrected chi connectivity index (χ2v) is 9.73. The highest BCUT2D eigenvalue weighted by Crippen LogP contribution is 2.37. The van der Waals surface area contributed by atoms with E-state index in [0.29, 0.717) is 52.6 Å². The maximum atomic E-state index is 13.5. The molecule has 0 aliphatic heterocycles. The number of fused-ring (bicyclic) bond motifs is 2. The molecule has 0 spiro atoms. The van der Waals surface area contributed by atoms with E-state index in [4.69, 9.17) is 21.3 Å². The van der Waals surface area contributed by atoms with E-state index in [1.807, 2.05) is 37.4 Å². The van der Waals surface area contributed by atoms with Gasteiger partial charge in [-0.2, -0.15) is 5.10 Å². The van der Waals surface area contributed by atoms with Crippen LogP contribution in [0, 0.1) is 12.8 Å². The lowest BCUT2D eigenvalue weighted by atomic mass is 9.87. The molecule has 1 saturated carbocycles. The van der Waals surface area contributed by atoms with E-state index in [-0.39, 0.29) is 18.8 Å². The van der Waals surface area contributed by atoms with Gasteiger partial charge in [0.1, 0.15) is 27.9 Å². The average Bonchev–Trinajstić information content (AvgIpc) is 3.47. The SMILES string of the molecule is Cc1nc2ccc(Oc3ccc4ncc(-c5cnn(CC6CCC(F)(F)CC6)c5)nc4c3Cl)cc2[nH]1. The van der Waals surface area contributed by atoms with Gasteiger partial charge < -0.3 is 9.72 Å². The zero-order valence-electron chi connectivity index (χ0n) is 19.5. The Hall–Kier alpha value is -3.59. The van der Waals surface area contributed by atoms with Gasteiger partial charge in [-0.25, -0.2) is 18.7 Å². The van der Waals surface area contributed by atoms with Gasteiger partial charge in [-0.1, -0.05) is 11.6 Å². The fourth-order valence-corrected chi connectivity index (χ4v) is 4.93. The first-order chi connectivity index (χ1) is 17.3. The largest absolute Gasteiger partial charge is 0.456 e. The summed E-state index contributed by atoms with van der Waals surface area (Å²) < 4.78 is 34.8. The molecule has 0 amide bonds. The number of H-pyrrole nitrogens is 1. The molecule has 5 aromatic rings. The lowest BCUT2D eigenvalue weighted by Gasteiger charge is -2.28. The fourth-order valence-electron chi connectivity index (χ4n) is 4.69. The number of halogens is 3. The van der Waals surface area contributed by atoms with Gasteiger partial charge in [0.05, 0.1) is 34.6 Å². The second-order valence-electron chi connectivity index (χ2n) is 9.35. The van der Waals surface area contributed by atoms with Crippen molar-refractivity contribution in [1.82, 2.24) is 29.7 Å². The van der Waals surface area contributed by atoms with Gasteiger partial charge in [-0.15, -0.1) is 0 Å². The summed E-state index contributed by atoms with van der Waals surface area (Å²) in [5.74, 6) is -0.412. The van der Waals surface area contributed by atoms with Crippen LogP contribution in [0.25, 0.3) is 33.3 Å². The molecular weight excluding hydrogens is 486 g/mol. The molecule has 6 rings (SSSR count). The Morgan fingerprint density at radius 2 is 1.92 bits per heavy atom. The molecule has 1 fully saturated rings. The summed E-state index contributed by atoms with van der Waals surface area (Å²) in [6.07, 6.45) is 6.16. The Morgan fingerprint density at radius 3 is 2.75 bits per heavy atom. The molecule has 0 saturated heterocycles. The number of imidazole rings is 1. The number of nitrogens with zero attached hydrogens (tertiary/aromatic N) is 5. The summed E-state index contributed by atoms with van der Waals surface area (Å²) in [5, 5.41) is 4.78. The third-order valence-electron chi connectivity index (χ3n) is 6.63. The van der Waals surface area contributed by atoms with Gasteiger partial charge in [0, 0.05) is 37.2 Å². The van der Waals surface area contributed by atoms with Gasteiger partial charge in [-0.3, -0.25) is 9.67 Å². The minimum absolute atomic E-state index is 0.0553. The third-order valence-corrected chi connectivity index (χ3v) is 6.99. The topological polar surface area (TPSA) is 81.5 Å². The Balaban J connectivity index is 1.24. The van der Waals surface area contributed by atoms with Crippen molar-refractivity contribution < 1.29 is 13.5 Å². The average molecular weight is 509 g/mol. The van der Waals surface area contributed by atoms with Crippen LogP contribution < -0.4 is 4.74 Å². The minimum Gasteiger partial charge on any atom is -0.456 e. The second kappa shape index (κ2) is 8.81. The van der Waals surface area contributed by atoms with Crippen LogP contribution in [-0.2, 0) is 6.54 Å². The Bertz CT molecular complexity index is 1570. The molecule has 2 aromatic carbocycles. The van der Waals surface area contributed by atoms with E-state index in [2.05, 4.69) is 20.1 Å². The first-order valence-electron chi connectivity index (χ1n) is 11.8. The van der Waals surface area contributed by atoms with Crippen molar-refractivity contribution in [3.63, 3.8) is 0 Å². The molecule has 36 heavy (non-hydrogen) atoms. The number of rotatable bonds is 5. The summed E-state index contributed by atoms with van der Waals surface area (Å²) >= 11 is 6.70. The maximum absolute atomic E-state index is 13.5. The van der Waals surface area contributed by atoms with Gasteiger partial charge in [0.15, 0.2) is 0 Å². The molecule has 1 aliphatic rings. The van der Waals surface area contributed by atoms with Crippen LogP contribution in [-0.4, -0.2) is 35.6 Å². The van der Waals surface area contributed by atoms with E-state index in [9.17, 15) is 8.78 Å². The smallest absolute Gasteiger partial charge is 0.248 e. The van der Waals surface area contributed by atoms with Crippen LogP contribution in [0.2, 0.25) is 5.02 Å². The maximum Gasteiger partial charge on any atom is 0.248 e. The Kier molecular flexibility index (Phi) is 5.59. The van der Waals surface area contributed by atoms with E-state index in [0.717, 1.165) is 22.4 Å². The Morgan fingerprint density at radius 1 is 1.11 bits per heavy atom. The molecule has 0 unspecified atom stereocenters. The highest BCUT2D eigenvalue weighted by atomic mass is 35.5. The standard InChI is InChI=1S/C26H23ClF2N6O/c1-15-32-19-3-2-18(10-21(19)33-15)36-23-5-4-20-25(24(23)27)34-22(12-30-20)17-11-31-35(14-17)13-16-6-8-26(28,29)9-7-16/h2-5,10-12,14,16H,6-9,13H2,1H3,(H,32,33). The number of aromatic nitrogens is 6. The van der Waals surface area contributed by atoms with Crippen LogP contribution in [0.5, 0.6) is 11.5 Å². The van der Waals surface area contributed by atoms with Gasteiger partial charge in [0.2, 0.25) is 5.92 Å². The lowest BCUT2D eigenvalue weighted by molar-refractivity contribution is -0.0476. The van der Waals surface area contributed by atoms with Crippen molar-refractivity contribution in [1.29, 1.82) is 0 Å². The van der Waals surface area contributed by atoms with E-state index >= 15 is 0 Å². The molecule has 0 atom stereocenters. The molecule has 0 radical (unpaired) electrons. The van der Waals surface area contributed by atoms with Crippen LogP contribution in [0.1, 0.15) is 31.5 Å².